The van der Waals surface area contributed by atoms with Crippen molar-refractivity contribution in [2.75, 3.05) is 33.4 Å². The van der Waals surface area contributed by atoms with Crippen molar-refractivity contribution in [1.29, 1.82) is 0 Å². The molecule has 1 aromatic rings. The summed E-state index contributed by atoms with van der Waals surface area (Å²) in [4.78, 5) is 2.32. The number of hydrogen-bond acceptors (Lipinski definition) is 4. The third-order valence-electron chi connectivity index (χ3n) is 3.85. The summed E-state index contributed by atoms with van der Waals surface area (Å²) >= 11 is 0. The fourth-order valence-electron chi connectivity index (χ4n) is 2.46. The van der Waals surface area contributed by atoms with Gasteiger partial charge in [0.1, 0.15) is 24.2 Å². The van der Waals surface area contributed by atoms with E-state index in [4.69, 9.17) is 9.47 Å². The minimum Gasteiger partial charge on any atom is -1.00 e. The Hall–Kier alpha value is -0.970. The number of aliphatic hydroxyl groups is 1. The first-order valence-corrected chi connectivity index (χ1v) is 7.34. The van der Waals surface area contributed by atoms with Crippen molar-refractivity contribution in [3.05, 3.63) is 24.3 Å². The molecule has 0 aliphatic carbocycles. The predicted molar refractivity (Wildman–Crippen MR) is 79.3 cm³/mol. The molecule has 1 aliphatic rings. The van der Waals surface area contributed by atoms with E-state index in [1.54, 1.807) is 7.11 Å². The van der Waals surface area contributed by atoms with Crippen molar-refractivity contribution >= 4 is 0 Å². The summed E-state index contributed by atoms with van der Waals surface area (Å²) in [6.45, 7) is 5.49. The molecule has 1 N–H and O–H groups in total. The Kier molecular flexibility index (Phi) is 7.86. The highest BCUT2D eigenvalue weighted by Gasteiger charge is 2.18. The molecule has 1 heterocycles. The molecule has 1 fully saturated rings. The topological polar surface area (TPSA) is 41.9 Å². The Bertz CT molecular complexity index is 391. The largest absolute Gasteiger partial charge is 1.00 e. The number of hydrogen-bond donors (Lipinski definition) is 1. The number of methoxy groups -OCH3 is 1. The lowest BCUT2D eigenvalue weighted by atomic mass is 9.99. The number of likely N-dealkylation sites (tertiary alicyclic amines) is 1. The van der Waals surface area contributed by atoms with Crippen molar-refractivity contribution < 1.29 is 27.0 Å². The van der Waals surface area contributed by atoms with Gasteiger partial charge in [0.2, 0.25) is 0 Å². The average Bonchev–Trinajstić information content (AvgIpc) is 2.48. The first-order valence-electron chi connectivity index (χ1n) is 7.34. The highest BCUT2D eigenvalue weighted by atomic mass is 35.5. The van der Waals surface area contributed by atoms with E-state index in [-0.39, 0.29) is 12.4 Å². The van der Waals surface area contributed by atoms with Crippen LogP contribution < -0.4 is 21.9 Å². The van der Waals surface area contributed by atoms with Gasteiger partial charge in [-0.1, -0.05) is 6.92 Å². The maximum atomic E-state index is 10.0. The molecule has 120 valence electrons. The van der Waals surface area contributed by atoms with Crippen LogP contribution in [-0.4, -0.2) is 49.5 Å². The van der Waals surface area contributed by atoms with Gasteiger partial charge in [-0.3, -0.25) is 0 Å². The van der Waals surface area contributed by atoms with Gasteiger partial charge < -0.3 is 31.9 Å². The lowest BCUT2D eigenvalue weighted by Crippen LogP contribution is -3.00. The van der Waals surface area contributed by atoms with Crippen molar-refractivity contribution in [3.63, 3.8) is 0 Å². The molecule has 1 aromatic carbocycles. The summed E-state index contributed by atoms with van der Waals surface area (Å²) in [6.07, 6.45) is 2.02. The van der Waals surface area contributed by atoms with Gasteiger partial charge in [-0.25, -0.2) is 0 Å². The van der Waals surface area contributed by atoms with Crippen LogP contribution in [0, 0.1) is 5.92 Å². The minimum absolute atomic E-state index is 0. The summed E-state index contributed by atoms with van der Waals surface area (Å²) in [5.74, 6) is 2.39. The minimum atomic E-state index is -0.439. The molecule has 2 rings (SSSR count). The number of aliphatic hydroxyl groups excluding tert-OH is 1. The van der Waals surface area contributed by atoms with Crippen LogP contribution in [0.2, 0.25) is 0 Å². The quantitative estimate of drug-likeness (QED) is 0.744. The summed E-state index contributed by atoms with van der Waals surface area (Å²) < 4.78 is 10.7. The van der Waals surface area contributed by atoms with Gasteiger partial charge in [-0.05, 0) is 56.1 Å². The van der Waals surface area contributed by atoms with Crippen LogP contribution in [-0.2, 0) is 0 Å². The van der Waals surface area contributed by atoms with Gasteiger partial charge in [0.25, 0.3) is 0 Å². The fraction of sp³-hybridized carbons (Fsp3) is 0.625. The number of benzene rings is 1. The monoisotopic (exact) mass is 314 g/mol. The molecular weight excluding hydrogens is 290 g/mol. The molecule has 1 aliphatic heterocycles. The van der Waals surface area contributed by atoms with Crippen LogP contribution in [0.5, 0.6) is 11.5 Å². The number of β-amino-alcohol motifs (C(OH)–C–C–N with tert-alkyl or cyclic N) is 1. The lowest BCUT2D eigenvalue weighted by Gasteiger charge is -2.31. The Labute approximate surface area is 133 Å². The zero-order valence-electron chi connectivity index (χ0n) is 12.8. The maximum absolute atomic E-state index is 10.0. The second-order valence-electron chi connectivity index (χ2n) is 5.62. The van der Waals surface area contributed by atoms with Crippen molar-refractivity contribution in [3.8, 4) is 11.5 Å². The normalized spacial score (nSPS) is 17.9. The van der Waals surface area contributed by atoms with Crippen LogP contribution in [0.3, 0.4) is 0 Å². The average molecular weight is 315 g/mol. The molecule has 1 saturated heterocycles. The Morgan fingerprint density at radius 3 is 2.33 bits per heavy atom. The molecule has 1 unspecified atom stereocenters. The van der Waals surface area contributed by atoms with Crippen molar-refractivity contribution in [2.24, 2.45) is 5.92 Å². The molecule has 4 nitrogen and oxygen atoms in total. The zero-order valence-corrected chi connectivity index (χ0v) is 13.6. The first kappa shape index (κ1) is 18.1. The van der Waals surface area contributed by atoms with E-state index in [9.17, 15) is 5.11 Å². The Morgan fingerprint density at radius 2 is 1.76 bits per heavy atom. The van der Waals surface area contributed by atoms with E-state index in [0.29, 0.717) is 13.2 Å². The third-order valence-corrected chi connectivity index (χ3v) is 3.85. The van der Waals surface area contributed by atoms with Crippen molar-refractivity contribution in [1.82, 2.24) is 4.90 Å². The molecule has 5 heteroatoms. The second-order valence-corrected chi connectivity index (χ2v) is 5.62. The molecule has 0 aromatic heterocycles. The maximum Gasteiger partial charge on any atom is 0.119 e. The molecule has 0 spiro atoms. The summed E-state index contributed by atoms with van der Waals surface area (Å²) in [6, 6.07) is 7.42. The van der Waals surface area contributed by atoms with Gasteiger partial charge in [-0.15, -0.1) is 0 Å². The lowest BCUT2D eigenvalue weighted by molar-refractivity contribution is -0.00000677. The van der Waals surface area contributed by atoms with E-state index >= 15 is 0 Å². The summed E-state index contributed by atoms with van der Waals surface area (Å²) in [5.41, 5.74) is 0. The number of piperidine rings is 1. The van der Waals surface area contributed by atoms with Gasteiger partial charge in [0.05, 0.1) is 7.11 Å². The van der Waals surface area contributed by atoms with Crippen LogP contribution in [0.15, 0.2) is 24.3 Å². The van der Waals surface area contributed by atoms with Gasteiger partial charge in [-0.2, -0.15) is 0 Å². The van der Waals surface area contributed by atoms with E-state index in [1.807, 2.05) is 24.3 Å². The SMILES string of the molecule is COc1ccc(OCC(O)CN2CCC(C)CC2)cc1.[Cl-]. The molecule has 0 amide bonds. The molecule has 21 heavy (non-hydrogen) atoms. The Morgan fingerprint density at radius 1 is 1.19 bits per heavy atom. The molecule has 0 radical (unpaired) electrons. The van der Waals surface area contributed by atoms with Crippen LogP contribution in [0.25, 0.3) is 0 Å². The highest BCUT2D eigenvalue weighted by molar-refractivity contribution is 5.31. The smallest absolute Gasteiger partial charge is 0.119 e. The Balaban J connectivity index is 0.00000220. The highest BCUT2D eigenvalue weighted by Crippen LogP contribution is 2.18. The molecule has 1 atom stereocenters. The second kappa shape index (κ2) is 9.13. The van der Waals surface area contributed by atoms with Crippen LogP contribution in [0.4, 0.5) is 0 Å². The van der Waals surface area contributed by atoms with E-state index in [1.165, 1.54) is 12.8 Å². The number of halogens is 1. The number of rotatable bonds is 6. The number of ether oxygens (including phenoxy) is 2. The van der Waals surface area contributed by atoms with E-state index < -0.39 is 6.10 Å². The summed E-state index contributed by atoms with van der Waals surface area (Å²) in [7, 11) is 1.64. The molecule has 0 bridgehead atoms. The molecule has 0 saturated carbocycles. The standard InChI is InChI=1S/C16H25NO3.ClH/c1-13-7-9-17(10-8-13)11-14(18)12-20-16-5-3-15(19-2)4-6-16;/h3-6,13-14,18H,7-12H2,1-2H3;1H/p-1. The fourth-order valence-corrected chi connectivity index (χ4v) is 2.46. The van der Waals surface area contributed by atoms with Crippen molar-refractivity contribution in [2.45, 2.75) is 25.9 Å². The number of nitrogens with zero attached hydrogens (tertiary/aromatic N) is 1. The zero-order chi connectivity index (χ0) is 14.4. The predicted octanol–water partition coefficient (Wildman–Crippen LogP) is -0.829. The van der Waals surface area contributed by atoms with Gasteiger partial charge in [0, 0.05) is 6.54 Å². The summed E-state index contributed by atoms with van der Waals surface area (Å²) in [5, 5.41) is 10.0. The van der Waals surface area contributed by atoms with Crippen LogP contribution >= 0.6 is 0 Å². The third kappa shape index (κ3) is 6.12. The van der Waals surface area contributed by atoms with E-state index in [2.05, 4.69) is 11.8 Å². The van der Waals surface area contributed by atoms with Gasteiger partial charge >= 0.3 is 0 Å². The van der Waals surface area contributed by atoms with E-state index in [0.717, 1.165) is 30.5 Å². The first-order chi connectivity index (χ1) is 9.67. The van der Waals surface area contributed by atoms with Gasteiger partial charge in [0.15, 0.2) is 0 Å². The van der Waals surface area contributed by atoms with Crippen LogP contribution in [0.1, 0.15) is 19.8 Å². The molecular formula is C16H25ClNO3-.